The number of hydrogen-bond acceptors (Lipinski definition) is 4. The van der Waals surface area contributed by atoms with Gasteiger partial charge in [0.15, 0.2) is 0 Å². The Kier molecular flexibility index (Phi) is 6.99. The average molecular weight is 583 g/mol. The number of hydrogen-bond donors (Lipinski definition) is 3. The number of rotatable bonds is 7. The second-order valence-corrected chi connectivity index (χ2v) is 11.8. The smallest absolute Gasteiger partial charge is 0.102 e. The molecule has 1 aliphatic rings. The van der Waals surface area contributed by atoms with Gasteiger partial charge in [-0.25, -0.2) is 0 Å². The molecule has 0 aromatic heterocycles. The Balaban J connectivity index is 1.07. The number of anilines is 1. The summed E-state index contributed by atoms with van der Waals surface area (Å²) < 4.78 is 0. The van der Waals surface area contributed by atoms with E-state index in [1.165, 1.54) is 43.4 Å². The molecule has 0 spiro atoms. The Morgan fingerprint density at radius 1 is 0.622 bits per heavy atom. The van der Waals surface area contributed by atoms with Gasteiger partial charge in [-0.15, -0.1) is 0 Å². The van der Waals surface area contributed by atoms with Crippen molar-refractivity contribution in [2.75, 3.05) is 5.32 Å². The van der Waals surface area contributed by atoms with Crippen LogP contribution in [0.15, 0.2) is 158 Å². The van der Waals surface area contributed by atoms with Gasteiger partial charge in [0.25, 0.3) is 0 Å². The molecule has 0 saturated carbocycles. The minimum Gasteiger partial charge on any atom is -0.381 e. The molecule has 0 amide bonds. The highest BCUT2D eigenvalue weighted by molar-refractivity contribution is 5.87. The van der Waals surface area contributed by atoms with Crippen LogP contribution >= 0.6 is 0 Å². The van der Waals surface area contributed by atoms with Gasteiger partial charge in [-0.1, -0.05) is 127 Å². The first-order valence-corrected chi connectivity index (χ1v) is 15.5. The van der Waals surface area contributed by atoms with E-state index in [0.29, 0.717) is 0 Å². The molecule has 2 atom stereocenters. The standard InChI is InChI=1S/C41H34N4/c42-41(31-20-22-37(23-21-31)43-27-36-14-7-13-30-10-5-6-15-38(30)36)45-40(35-19-17-29-9-2-4-12-33(29)25-35)26-39(44-45)34-18-16-28-8-1-3-11-32(28)24-34/h1-26,40-41,43-44H,27,42H2/t40?,41-/m0/s1. The molecule has 0 aliphatic carbocycles. The maximum absolute atomic E-state index is 7.06. The zero-order valence-electron chi connectivity index (χ0n) is 24.9. The summed E-state index contributed by atoms with van der Waals surface area (Å²) in [6.07, 6.45) is 1.93. The number of nitrogens with zero attached hydrogens (tertiary/aromatic N) is 1. The number of hydrazine groups is 1. The molecule has 4 nitrogen and oxygen atoms in total. The second-order valence-electron chi connectivity index (χ2n) is 11.8. The molecular weight excluding hydrogens is 548 g/mol. The molecule has 7 aromatic rings. The molecule has 0 saturated heterocycles. The van der Waals surface area contributed by atoms with Crippen molar-refractivity contribution in [3.63, 3.8) is 0 Å². The van der Waals surface area contributed by atoms with Crippen LogP contribution in [0.3, 0.4) is 0 Å². The summed E-state index contributed by atoms with van der Waals surface area (Å²) in [6.45, 7) is 0.753. The van der Waals surface area contributed by atoms with Crippen LogP contribution in [0.4, 0.5) is 5.69 Å². The van der Waals surface area contributed by atoms with Crippen molar-refractivity contribution in [2.45, 2.75) is 18.8 Å². The lowest BCUT2D eigenvalue weighted by molar-refractivity contribution is 0.138. The van der Waals surface area contributed by atoms with E-state index in [-0.39, 0.29) is 12.2 Å². The summed E-state index contributed by atoms with van der Waals surface area (Å²) in [6, 6.07) is 53.7. The third kappa shape index (κ3) is 5.31. The summed E-state index contributed by atoms with van der Waals surface area (Å²) in [7, 11) is 0. The van der Waals surface area contributed by atoms with E-state index in [4.69, 9.17) is 5.73 Å². The fourth-order valence-electron chi connectivity index (χ4n) is 6.50. The van der Waals surface area contributed by atoms with Crippen LogP contribution in [0.5, 0.6) is 0 Å². The lowest BCUT2D eigenvalue weighted by Gasteiger charge is -2.31. The van der Waals surface area contributed by atoms with Crippen LogP contribution in [0.25, 0.3) is 38.0 Å². The molecule has 0 radical (unpaired) electrons. The summed E-state index contributed by atoms with van der Waals surface area (Å²) in [5, 5.41) is 13.2. The Morgan fingerprint density at radius 2 is 1.27 bits per heavy atom. The fourth-order valence-corrected chi connectivity index (χ4v) is 6.50. The summed E-state index contributed by atoms with van der Waals surface area (Å²) in [5.41, 5.74) is 17.5. The zero-order chi connectivity index (χ0) is 30.2. The SMILES string of the molecule is N[C@H](c1ccc(NCc2cccc3ccccc23)cc1)N1NC(c2ccc3ccccc3c2)=CC1c1ccc2ccccc2c1. The van der Waals surface area contributed by atoms with Crippen LogP contribution in [-0.4, -0.2) is 5.01 Å². The lowest BCUT2D eigenvalue weighted by atomic mass is 9.99. The minimum absolute atomic E-state index is 0.0461. The van der Waals surface area contributed by atoms with Crippen molar-refractivity contribution < 1.29 is 0 Å². The van der Waals surface area contributed by atoms with Crippen molar-refractivity contribution in [1.82, 2.24) is 10.4 Å². The lowest BCUT2D eigenvalue weighted by Crippen LogP contribution is -2.41. The third-order valence-electron chi connectivity index (χ3n) is 8.96. The number of benzene rings is 7. The van der Waals surface area contributed by atoms with Crippen molar-refractivity contribution in [3.05, 3.63) is 180 Å². The fraction of sp³-hybridized carbons (Fsp3) is 0.0732. The average Bonchev–Trinajstić information content (AvgIpc) is 3.56. The summed E-state index contributed by atoms with van der Waals surface area (Å²) in [5.74, 6) is 0. The molecule has 1 heterocycles. The first-order chi connectivity index (χ1) is 22.2. The highest BCUT2D eigenvalue weighted by Crippen LogP contribution is 2.37. The van der Waals surface area contributed by atoms with Gasteiger partial charge in [0.1, 0.15) is 6.17 Å². The quantitative estimate of drug-likeness (QED) is 0.175. The predicted molar refractivity (Wildman–Crippen MR) is 188 cm³/mol. The van der Waals surface area contributed by atoms with E-state index >= 15 is 0 Å². The predicted octanol–water partition coefficient (Wildman–Crippen LogP) is 9.32. The molecule has 0 bridgehead atoms. The molecule has 4 heteroatoms. The van der Waals surface area contributed by atoms with E-state index < -0.39 is 0 Å². The Hall–Kier alpha value is -5.42. The summed E-state index contributed by atoms with van der Waals surface area (Å²) in [4.78, 5) is 0. The van der Waals surface area contributed by atoms with Crippen LogP contribution < -0.4 is 16.5 Å². The molecule has 45 heavy (non-hydrogen) atoms. The molecule has 0 fully saturated rings. The van der Waals surface area contributed by atoms with Gasteiger partial charge in [0.05, 0.1) is 11.7 Å². The highest BCUT2D eigenvalue weighted by atomic mass is 15.6. The van der Waals surface area contributed by atoms with Gasteiger partial charge in [-0.05, 0) is 84.9 Å². The number of fused-ring (bicyclic) bond motifs is 3. The van der Waals surface area contributed by atoms with Gasteiger partial charge in [-0.3, -0.25) is 0 Å². The van der Waals surface area contributed by atoms with Gasteiger partial charge >= 0.3 is 0 Å². The molecular formula is C41H34N4. The van der Waals surface area contributed by atoms with Crippen LogP contribution in [0, 0.1) is 0 Å². The Morgan fingerprint density at radius 3 is 2.04 bits per heavy atom. The van der Waals surface area contributed by atoms with Gasteiger partial charge < -0.3 is 16.5 Å². The Bertz CT molecular complexity index is 2180. The Labute approximate surface area is 263 Å². The monoisotopic (exact) mass is 582 g/mol. The van der Waals surface area contributed by atoms with Crippen molar-refractivity contribution in [1.29, 1.82) is 0 Å². The van der Waals surface area contributed by atoms with E-state index in [9.17, 15) is 0 Å². The first-order valence-electron chi connectivity index (χ1n) is 15.5. The second kappa shape index (κ2) is 11.6. The van der Waals surface area contributed by atoms with E-state index in [0.717, 1.165) is 29.1 Å². The van der Waals surface area contributed by atoms with Crippen molar-refractivity contribution in [3.8, 4) is 0 Å². The molecule has 4 N–H and O–H groups in total. The summed E-state index contributed by atoms with van der Waals surface area (Å²) >= 11 is 0. The zero-order valence-corrected chi connectivity index (χ0v) is 24.9. The molecule has 218 valence electrons. The number of nitrogens with two attached hydrogens (primary N) is 1. The maximum atomic E-state index is 7.06. The van der Waals surface area contributed by atoms with Gasteiger partial charge in [0, 0.05) is 12.2 Å². The topological polar surface area (TPSA) is 53.3 Å². The van der Waals surface area contributed by atoms with E-state index in [1.807, 2.05) is 0 Å². The molecule has 8 rings (SSSR count). The van der Waals surface area contributed by atoms with Crippen molar-refractivity contribution >= 4 is 43.7 Å². The van der Waals surface area contributed by atoms with E-state index in [1.54, 1.807) is 0 Å². The molecule has 1 unspecified atom stereocenters. The van der Waals surface area contributed by atoms with Crippen LogP contribution in [-0.2, 0) is 6.54 Å². The van der Waals surface area contributed by atoms with Gasteiger partial charge in [-0.2, -0.15) is 5.01 Å². The molecule has 1 aliphatic heterocycles. The minimum atomic E-state index is -0.372. The van der Waals surface area contributed by atoms with Crippen molar-refractivity contribution in [2.24, 2.45) is 5.73 Å². The number of nitrogens with one attached hydrogen (secondary N) is 2. The van der Waals surface area contributed by atoms with Crippen LogP contribution in [0.2, 0.25) is 0 Å². The first kappa shape index (κ1) is 27.2. The highest BCUT2D eigenvalue weighted by Gasteiger charge is 2.32. The van der Waals surface area contributed by atoms with E-state index in [2.05, 4.69) is 173 Å². The molecule has 7 aromatic carbocycles. The maximum Gasteiger partial charge on any atom is 0.102 e. The normalized spacial score (nSPS) is 15.7. The van der Waals surface area contributed by atoms with Crippen LogP contribution in [0.1, 0.15) is 34.5 Å². The van der Waals surface area contributed by atoms with Gasteiger partial charge in [0.2, 0.25) is 0 Å². The largest absolute Gasteiger partial charge is 0.381 e. The third-order valence-corrected chi connectivity index (χ3v) is 8.96.